The van der Waals surface area contributed by atoms with Crippen LogP contribution in [0.5, 0.6) is 0 Å². The Hall–Kier alpha value is -1.64. The molecule has 0 fully saturated rings. The molecule has 0 aliphatic heterocycles. The topological polar surface area (TPSA) is 102 Å². The molecule has 1 heterocycles. The van der Waals surface area contributed by atoms with Crippen LogP contribution in [0, 0.1) is 0 Å². The number of hydrogen-bond acceptors (Lipinski definition) is 6. The monoisotopic (exact) mass is 272 g/mol. The van der Waals surface area contributed by atoms with Gasteiger partial charge in [-0.25, -0.2) is 4.68 Å². The Bertz CT molecular complexity index is 439. The van der Waals surface area contributed by atoms with Gasteiger partial charge >= 0.3 is 0 Å². The van der Waals surface area contributed by atoms with Crippen molar-refractivity contribution in [3.8, 4) is 0 Å². The second-order valence-electron chi connectivity index (χ2n) is 4.56. The maximum absolute atomic E-state index is 11.4. The zero-order valence-corrected chi connectivity index (χ0v) is 11.5. The summed E-state index contributed by atoms with van der Waals surface area (Å²) in [6.07, 6.45) is 0. The Morgan fingerprint density at radius 2 is 2.00 bits per heavy atom. The molecule has 1 aromatic rings. The SMILES string of the molecule is CC(=O)NNC(=O)CSc1nnnn1C(C)(C)C. The summed E-state index contributed by atoms with van der Waals surface area (Å²) in [7, 11) is 0. The van der Waals surface area contributed by atoms with E-state index in [0.29, 0.717) is 5.16 Å². The predicted molar refractivity (Wildman–Crippen MR) is 65.5 cm³/mol. The van der Waals surface area contributed by atoms with Gasteiger partial charge in [-0.3, -0.25) is 20.4 Å². The minimum Gasteiger partial charge on any atom is -0.274 e. The van der Waals surface area contributed by atoms with E-state index in [1.807, 2.05) is 20.8 Å². The lowest BCUT2D eigenvalue weighted by atomic mass is 10.1. The van der Waals surface area contributed by atoms with Crippen LogP contribution in [0.2, 0.25) is 0 Å². The lowest BCUT2D eigenvalue weighted by Crippen LogP contribution is -2.41. The van der Waals surface area contributed by atoms with E-state index in [-0.39, 0.29) is 23.1 Å². The largest absolute Gasteiger partial charge is 0.274 e. The molecule has 0 saturated carbocycles. The Labute approximate surface area is 109 Å². The highest BCUT2D eigenvalue weighted by Crippen LogP contribution is 2.20. The van der Waals surface area contributed by atoms with E-state index in [1.165, 1.54) is 18.7 Å². The highest BCUT2D eigenvalue weighted by Gasteiger charge is 2.20. The van der Waals surface area contributed by atoms with Gasteiger partial charge in [0.15, 0.2) is 0 Å². The Morgan fingerprint density at radius 3 is 2.56 bits per heavy atom. The van der Waals surface area contributed by atoms with E-state index >= 15 is 0 Å². The van der Waals surface area contributed by atoms with Gasteiger partial charge in [-0.1, -0.05) is 11.8 Å². The maximum Gasteiger partial charge on any atom is 0.248 e. The van der Waals surface area contributed by atoms with Gasteiger partial charge in [0, 0.05) is 6.92 Å². The number of thioether (sulfide) groups is 1. The average Bonchev–Trinajstić information content (AvgIpc) is 2.71. The third-order valence-electron chi connectivity index (χ3n) is 1.79. The Balaban J connectivity index is 2.52. The van der Waals surface area contributed by atoms with Crippen molar-refractivity contribution in [2.75, 3.05) is 5.75 Å². The van der Waals surface area contributed by atoms with Gasteiger partial charge in [0.25, 0.3) is 0 Å². The fourth-order valence-electron chi connectivity index (χ4n) is 1.01. The van der Waals surface area contributed by atoms with Crippen LogP contribution in [-0.4, -0.2) is 37.8 Å². The smallest absolute Gasteiger partial charge is 0.248 e. The first-order valence-corrected chi connectivity index (χ1v) is 6.26. The summed E-state index contributed by atoms with van der Waals surface area (Å²) in [6, 6.07) is 0. The summed E-state index contributed by atoms with van der Waals surface area (Å²) in [6.45, 7) is 7.20. The maximum atomic E-state index is 11.4. The summed E-state index contributed by atoms with van der Waals surface area (Å²) in [5.74, 6) is -0.525. The molecule has 0 spiro atoms. The van der Waals surface area contributed by atoms with E-state index in [2.05, 4.69) is 26.4 Å². The molecule has 0 saturated heterocycles. The molecule has 0 unspecified atom stereocenters. The van der Waals surface area contributed by atoms with Crippen molar-refractivity contribution in [2.45, 2.75) is 38.4 Å². The molecule has 18 heavy (non-hydrogen) atoms. The standard InChI is InChI=1S/C9H16N6O2S/c1-6(16)10-11-7(17)5-18-8-12-13-14-15(8)9(2,3)4/h5H2,1-4H3,(H,10,16)(H,11,17). The van der Waals surface area contributed by atoms with Gasteiger partial charge in [0.2, 0.25) is 17.0 Å². The van der Waals surface area contributed by atoms with Crippen LogP contribution in [0.25, 0.3) is 0 Å². The summed E-state index contributed by atoms with van der Waals surface area (Å²) in [4.78, 5) is 22.0. The average molecular weight is 272 g/mol. The molecule has 0 radical (unpaired) electrons. The first-order valence-electron chi connectivity index (χ1n) is 5.28. The molecular weight excluding hydrogens is 256 g/mol. The van der Waals surface area contributed by atoms with Crippen molar-refractivity contribution in [3.63, 3.8) is 0 Å². The van der Waals surface area contributed by atoms with E-state index in [0.717, 1.165) is 0 Å². The van der Waals surface area contributed by atoms with E-state index in [4.69, 9.17) is 0 Å². The third kappa shape index (κ3) is 4.32. The third-order valence-corrected chi connectivity index (χ3v) is 2.71. The van der Waals surface area contributed by atoms with Gasteiger partial charge < -0.3 is 0 Å². The Morgan fingerprint density at radius 1 is 1.33 bits per heavy atom. The van der Waals surface area contributed by atoms with Crippen LogP contribution in [0.4, 0.5) is 0 Å². The number of hydrogen-bond donors (Lipinski definition) is 2. The molecule has 9 heteroatoms. The predicted octanol–water partition coefficient (Wildman–Crippen LogP) is -0.312. The van der Waals surface area contributed by atoms with Crippen LogP contribution in [0.1, 0.15) is 27.7 Å². The number of rotatable bonds is 3. The molecule has 1 rings (SSSR count). The number of tetrazole rings is 1. The summed E-state index contributed by atoms with van der Waals surface area (Å²) >= 11 is 1.20. The van der Waals surface area contributed by atoms with E-state index in [1.54, 1.807) is 4.68 Å². The lowest BCUT2D eigenvalue weighted by Gasteiger charge is -2.19. The summed E-state index contributed by atoms with van der Waals surface area (Å²) in [5.41, 5.74) is 4.23. The fraction of sp³-hybridized carbons (Fsp3) is 0.667. The molecule has 2 N–H and O–H groups in total. The highest BCUT2D eigenvalue weighted by atomic mass is 32.2. The quantitative estimate of drug-likeness (QED) is 0.578. The number of aromatic nitrogens is 4. The molecule has 0 aromatic carbocycles. The molecule has 0 atom stereocenters. The minimum absolute atomic E-state index is 0.122. The molecule has 100 valence electrons. The van der Waals surface area contributed by atoms with Crippen molar-refractivity contribution >= 4 is 23.6 Å². The molecule has 0 aliphatic carbocycles. The van der Waals surface area contributed by atoms with Crippen LogP contribution in [0.3, 0.4) is 0 Å². The highest BCUT2D eigenvalue weighted by molar-refractivity contribution is 7.99. The first kappa shape index (κ1) is 14.4. The van der Waals surface area contributed by atoms with Crippen molar-refractivity contribution in [2.24, 2.45) is 0 Å². The number of nitrogens with one attached hydrogen (secondary N) is 2. The van der Waals surface area contributed by atoms with Crippen LogP contribution in [0.15, 0.2) is 5.16 Å². The molecule has 1 aromatic heterocycles. The van der Waals surface area contributed by atoms with Gasteiger partial charge in [0.05, 0.1) is 11.3 Å². The van der Waals surface area contributed by atoms with Crippen molar-refractivity contribution in [3.05, 3.63) is 0 Å². The molecule has 0 bridgehead atoms. The number of carbonyl (C=O) groups is 2. The lowest BCUT2D eigenvalue weighted by molar-refractivity contribution is -0.126. The minimum atomic E-state index is -0.326. The van der Waals surface area contributed by atoms with Crippen LogP contribution < -0.4 is 10.9 Å². The van der Waals surface area contributed by atoms with E-state index < -0.39 is 0 Å². The van der Waals surface area contributed by atoms with E-state index in [9.17, 15) is 9.59 Å². The van der Waals surface area contributed by atoms with Crippen molar-refractivity contribution < 1.29 is 9.59 Å². The second kappa shape index (κ2) is 5.80. The van der Waals surface area contributed by atoms with Gasteiger partial charge in [0.1, 0.15) is 0 Å². The Kier molecular flexibility index (Phi) is 4.65. The molecule has 0 aliphatic rings. The second-order valence-corrected chi connectivity index (χ2v) is 5.50. The van der Waals surface area contributed by atoms with Crippen molar-refractivity contribution in [1.82, 2.24) is 31.1 Å². The summed E-state index contributed by atoms with van der Waals surface area (Å²) < 4.78 is 1.64. The molecule has 8 nitrogen and oxygen atoms in total. The van der Waals surface area contributed by atoms with Gasteiger partial charge in [-0.2, -0.15) is 0 Å². The number of nitrogens with zero attached hydrogens (tertiary/aromatic N) is 4. The normalized spacial score (nSPS) is 11.1. The number of carbonyl (C=O) groups excluding carboxylic acids is 2. The van der Waals surface area contributed by atoms with Crippen LogP contribution >= 0.6 is 11.8 Å². The molecule has 2 amide bonds. The number of amides is 2. The first-order chi connectivity index (χ1) is 8.30. The zero-order valence-electron chi connectivity index (χ0n) is 10.7. The molecular formula is C9H16N6O2S. The fourth-order valence-corrected chi connectivity index (χ4v) is 1.87. The van der Waals surface area contributed by atoms with Gasteiger partial charge in [-0.15, -0.1) is 5.10 Å². The summed E-state index contributed by atoms with van der Waals surface area (Å²) in [5, 5.41) is 11.9. The van der Waals surface area contributed by atoms with Crippen molar-refractivity contribution in [1.29, 1.82) is 0 Å². The number of hydrazine groups is 1. The zero-order chi connectivity index (χ0) is 13.8. The van der Waals surface area contributed by atoms with Crippen LogP contribution in [-0.2, 0) is 15.1 Å². The van der Waals surface area contributed by atoms with Gasteiger partial charge in [-0.05, 0) is 31.2 Å².